The second-order valence-electron chi connectivity index (χ2n) is 5.50. The Labute approximate surface area is 125 Å². The van der Waals surface area contributed by atoms with Crippen LogP contribution in [-0.2, 0) is 16.1 Å². The molecule has 0 fully saturated rings. The summed E-state index contributed by atoms with van der Waals surface area (Å²) >= 11 is 0. The van der Waals surface area contributed by atoms with Crippen LogP contribution in [-0.4, -0.2) is 60.5 Å². The van der Waals surface area contributed by atoms with Crippen LogP contribution in [0.15, 0.2) is 4.52 Å². The third kappa shape index (κ3) is 4.86. The molecule has 0 saturated heterocycles. The van der Waals surface area contributed by atoms with Gasteiger partial charge >= 0.3 is 0 Å². The fraction of sp³-hybridized carbons (Fsp3) is 0.643. The van der Waals surface area contributed by atoms with E-state index in [1.807, 2.05) is 25.8 Å². The predicted molar refractivity (Wildman–Crippen MR) is 78.6 cm³/mol. The highest BCUT2D eigenvalue weighted by Crippen LogP contribution is 2.13. The first-order valence-corrected chi connectivity index (χ1v) is 6.83. The van der Waals surface area contributed by atoms with E-state index in [-0.39, 0.29) is 18.4 Å². The summed E-state index contributed by atoms with van der Waals surface area (Å²) in [6.07, 6.45) is 0. The van der Waals surface area contributed by atoms with Gasteiger partial charge in [-0.3, -0.25) is 14.5 Å². The zero-order valence-corrected chi connectivity index (χ0v) is 13.6. The summed E-state index contributed by atoms with van der Waals surface area (Å²) < 4.78 is 5.10. The standard InChI is InChI=1S/C14H24N4O3/c1-9-12(11(3)21-16-9)7-18(6)8-13(19)15-10(2)14(20)17(4)5/h10H,7-8H2,1-6H3,(H,15,19). The number of likely N-dealkylation sites (N-methyl/N-ethyl adjacent to an activating group) is 2. The van der Waals surface area contributed by atoms with Crippen molar-refractivity contribution in [3.8, 4) is 0 Å². The zero-order chi connectivity index (χ0) is 16.2. The van der Waals surface area contributed by atoms with Crippen molar-refractivity contribution in [1.29, 1.82) is 0 Å². The summed E-state index contributed by atoms with van der Waals surface area (Å²) in [5.41, 5.74) is 1.82. The molecule has 1 rings (SSSR count). The molecule has 0 bridgehead atoms. The minimum atomic E-state index is -0.528. The molecule has 21 heavy (non-hydrogen) atoms. The van der Waals surface area contributed by atoms with Gasteiger partial charge in [0.15, 0.2) is 0 Å². The average Bonchev–Trinajstić information content (AvgIpc) is 2.69. The maximum Gasteiger partial charge on any atom is 0.244 e. The number of hydrogen-bond acceptors (Lipinski definition) is 5. The molecule has 0 aliphatic carbocycles. The molecule has 0 aromatic carbocycles. The highest BCUT2D eigenvalue weighted by molar-refractivity contribution is 5.87. The Morgan fingerprint density at radius 1 is 1.29 bits per heavy atom. The number of aromatic nitrogens is 1. The number of aryl methyl sites for hydroxylation is 2. The van der Waals surface area contributed by atoms with E-state index in [1.54, 1.807) is 21.0 Å². The van der Waals surface area contributed by atoms with E-state index in [9.17, 15) is 9.59 Å². The van der Waals surface area contributed by atoms with Crippen LogP contribution < -0.4 is 5.32 Å². The molecule has 1 aromatic rings. The van der Waals surface area contributed by atoms with Crippen molar-refractivity contribution in [2.45, 2.75) is 33.4 Å². The van der Waals surface area contributed by atoms with Gasteiger partial charge in [0.05, 0.1) is 12.2 Å². The number of hydrogen-bond donors (Lipinski definition) is 1. The van der Waals surface area contributed by atoms with Crippen LogP contribution in [0, 0.1) is 13.8 Å². The first-order valence-electron chi connectivity index (χ1n) is 6.83. The van der Waals surface area contributed by atoms with Gasteiger partial charge in [0, 0.05) is 26.2 Å². The molecule has 1 heterocycles. The molecule has 7 nitrogen and oxygen atoms in total. The summed E-state index contributed by atoms with van der Waals surface area (Å²) in [7, 11) is 5.16. The Kier molecular flexibility index (Phi) is 5.90. The first kappa shape index (κ1) is 17.2. The van der Waals surface area contributed by atoms with E-state index in [1.165, 1.54) is 4.90 Å². The molecule has 2 amide bonds. The number of carbonyl (C=O) groups is 2. The lowest BCUT2D eigenvalue weighted by Crippen LogP contribution is -2.47. The van der Waals surface area contributed by atoms with Gasteiger partial charge in [0.2, 0.25) is 11.8 Å². The smallest absolute Gasteiger partial charge is 0.244 e. The van der Waals surface area contributed by atoms with Crippen LogP contribution in [0.3, 0.4) is 0 Å². The number of amides is 2. The molecule has 0 saturated carbocycles. The molecule has 7 heteroatoms. The summed E-state index contributed by atoms with van der Waals surface area (Å²) in [6, 6.07) is -0.528. The van der Waals surface area contributed by atoms with Crippen LogP contribution in [0.5, 0.6) is 0 Å². The van der Waals surface area contributed by atoms with E-state index < -0.39 is 6.04 Å². The Morgan fingerprint density at radius 3 is 2.38 bits per heavy atom. The normalized spacial score (nSPS) is 12.3. The Morgan fingerprint density at radius 2 is 1.90 bits per heavy atom. The molecular formula is C14H24N4O3. The third-order valence-electron chi connectivity index (χ3n) is 3.21. The third-order valence-corrected chi connectivity index (χ3v) is 3.21. The van der Waals surface area contributed by atoms with Crippen LogP contribution in [0.1, 0.15) is 23.9 Å². The Bertz CT molecular complexity index is 491. The monoisotopic (exact) mass is 296 g/mol. The van der Waals surface area contributed by atoms with Gasteiger partial charge in [0.25, 0.3) is 0 Å². The van der Waals surface area contributed by atoms with Gasteiger partial charge in [-0.05, 0) is 27.8 Å². The molecule has 1 unspecified atom stereocenters. The molecule has 1 N–H and O–H groups in total. The zero-order valence-electron chi connectivity index (χ0n) is 13.6. The molecule has 0 aliphatic rings. The van der Waals surface area contributed by atoms with Gasteiger partial charge in [-0.2, -0.15) is 0 Å². The lowest BCUT2D eigenvalue weighted by molar-refractivity contribution is -0.134. The quantitative estimate of drug-likeness (QED) is 0.817. The van der Waals surface area contributed by atoms with Gasteiger partial charge in [-0.1, -0.05) is 5.16 Å². The van der Waals surface area contributed by atoms with E-state index in [4.69, 9.17) is 4.52 Å². The molecule has 0 radical (unpaired) electrons. The van der Waals surface area contributed by atoms with Crippen LogP contribution in [0.4, 0.5) is 0 Å². The molecule has 0 spiro atoms. The number of nitrogens with one attached hydrogen (secondary N) is 1. The average molecular weight is 296 g/mol. The summed E-state index contributed by atoms with van der Waals surface area (Å²) in [4.78, 5) is 26.9. The van der Waals surface area contributed by atoms with Gasteiger partial charge in [-0.25, -0.2) is 0 Å². The lowest BCUT2D eigenvalue weighted by Gasteiger charge is -2.20. The van der Waals surface area contributed by atoms with E-state index in [2.05, 4.69) is 10.5 Å². The first-order chi connectivity index (χ1) is 9.72. The van der Waals surface area contributed by atoms with Gasteiger partial charge in [0.1, 0.15) is 11.8 Å². The van der Waals surface area contributed by atoms with Crippen molar-refractivity contribution in [3.05, 3.63) is 17.0 Å². The number of rotatable bonds is 6. The summed E-state index contributed by atoms with van der Waals surface area (Å²) in [6.45, 7) is 6.17. The van der Waals surface area contributed by atoms with E-state index in [0.717, 1.165) is 17.0 Å². The summed E-state index contributed by atoms with van der Waals surface area (Å²) in [5, 5.41) is 6.58. The van der Waals surface area contributed by atoms with Gasteiger partial charge in [-0.15, -0.1) is 0 Å². The van der Waals surface area contributed by atoms with Crippen molar-refractivity contribution in [1.82, 2.24) is 20.3 Å². The van der Waals surface area contributed by atoms with Crippen molar-refractivity contribution < 1.29 is 14.1 Å². The number of carbonyl (C=O) groups excluding carboxylic acids is 2. The second kappa shape index (κ2) is 7.21. The van der Waals surface area contributed by atoms with E-state index >= 15 is 0 Å². The van der Waals surface area contributed by atoms with E-state index in [0.29, 0.717) is 6.54 Å². The van der Waals surface area contributed by atoms with Gasteiger partial charge < -0.3 is 14.7 Å². The second-order valence-corrected chi connectivity index (χ2v) is 5.50. The molecule has 1 atom stereocenters. The van der Waals surface area contributed by atoms with Crippen molar-refractivity contribution in [2.24, 2.45) is 0 Å². The van der Waals surface area contributed by atoms with Crippen molar-refractivity contribution >= 4 is 11.8 Å². The van der Waals surface area contributed by atoms with Crippen molar-refractivity contribution in [3.63, 3.8) is 0 Å². The Balaban J connectivity index is 2.50. The molecule has 118 valence electrons. The molecule has 0 aliphatic heterocycles. The van der Waals surface area contributed by atoms with Crippen LogP contribution in [0.2, 0.25) is 0 Å². The highest BCUT2D eigenvalue weighted by Gasteiger charge is 2.19. The largest absolute Gasteiger partial charge is 0.361 e. The fourth-order valence-electron chi connectivity index (χ4n) is 2.03. The van der Waals surface area contributed by atoms with Crippen LogP contribution in [0.25, 0.3) is 0 Å². The number of nitrogens with zero attached hydrogens (tertiary/aromatic N) is 3. The maximum absolute atomic E-state index is 11.9. The fourth-order valence-corrected chi connectivity index (χ4v) is 2.03. The topological polar surface area (TPSA) is 78.7 Å². The maximum atomic E-state index is 11.9. The predicted octanol–water partition coefficient (Wildman–Crippen LogP) is 0.316. The SMILES string of the molecule is Cc1noc(C)c1CN(C)CC(=O)NC(C)C(=O)N(C)C. The minimum absolute atomic E-state index is 0.128. The lowest BCUT2D eigenvalue weighted by atomic mass is 10.2. The van der Waals surface area contributed by atoms with Crippen molar-refractivity contribution in [2.75, 3.05) is 27.7 Å². The molecular weight excluding hydrogens is 272 g/mol. The molecule has 1 aromatic heterocycles. The minimum Gasteiger partial charge on any atom is -0.361 e. The summed E-state index contributed by atoms with van der Waals surface area (Å²) in [5.74, 6) is 0.444. The van der Waals surface area contributed by atoms with Crippen LogP contribution >= 0.6 is 0 Å². The Hall–Kier alpha value is -1.89. The highest BCUT2D eigenvalue weighted by atomic mass is 16.5.